The molecule has 0 amide bonds. The molecule has 0 fully saturated rings. The van der Waals surface area contributed by atoms with Crippen LogP contribution in [0.5, 0.6) is 0 Å². The summed E-state index contributed by atoms with van der Waals surface area (Å²) in [6.45, 7) is 5.48. The minimum atomic E-state index is 0.666. The molecule has 0 aromatic carbocycles. The van der Waals surface area contributed by atoms with Crippen molar-refractivity contribution in [3.8, 4) is 0 Å². The average Bonchev–Trinajstić information content (AvgIpc) is 2.79. The van der Waals surface area contributed by atoms with Gasteiger partial charge in [-0.2, -0.15) is 4.98 Å². The number of nitrogens with one attached hydrogen (secondary N) is 1. The van der Waals surface area contributed by atoms with Gasteiger partial charge in [0.2, 0.25) is 5.95 Å². The van der Waals surface area contributed by atoms with E-state index in [1.54, 1.807) is 10.7 Å². The maximum atomic E-state index is 5.92. The lowest BCUT2D eigenvalue weighted by Gasteiger charge is -2.04. The molecule has 2 aromatic heterocycles. The van der Waals surface area contributed by atoms with E-state index in [2.05, 4.69) is 29.2 Å². The van der Waals surface area contributed by atoms with Gasteiger partial charge in [-0.15, -0.1) is 5.10 Å². The van der Waals surface area contributed by atoms with Gasteiger partial charge in [0.25, 0.3) is 0 Å². The molecule has 0 bridgehead atoms. The van der Waals surface area contributed by atoms with Gasteiger partial charge >= 0.3 is 0 Å². The van der Waals surface area contributed by atoms with Crippen LogP contribution in [0.1, 0.15) is 46.0 Å². The number of fused-ring (bicyclic) bond motifs is 1. The molecule has 0 saturated heterocycles. The molecule has 4 nitrogen and oxygen atoms in total. The number of halogens is 1. The lowest BCUT2D eigenvalue weighted by Crippen LogP contribution is -2.03. The van der Waals surface area contributed by atoms with Crippen LogP contribution in [0, 0.1) is 5.92 Å². The summed E-state index contributed by atoms with van der Waals surface area (Å²) in [5.74, 6) is 1.50. The lowest BCUT2D eigenvalue weighted by atomic mass is 10.0. The van der Waals surface area contributed by atoms with Gasteiger partial charge in [-0.1, -0.05) is 51.1 Å². The van der Waals surface area contributed by atoms with Gasteiger partial charge in [-0.3, -0.25) is 0 Å². The van der Waals surface area contributed by atoms with E-state index in [9.17, 15) is 0 Å². The molecule has 0 radical (unpaired) electrons. The zero-order valence-corrected chi connectivity index (χ0v) is 13.0. The molecule has 1 N–H and O–H groups in total. The van der Waals surface area contributed by atoms with E-state index in [4.69, 9.17) is 11.6 Å². The molecule has 5 heteroatoms. The van der Waals surface area contributed by atoms with Crippen molar-refractivity contribution in [1.82, 2.24) is 14.6 Å². The molecule has 0 spiro atoms. The summed E-state index contributed by atoms with van der Waals surface area (Å²) in [4.78, 5) is 4.39. The Morgan fingerprint density at radius 1 is 1.20 bits per heavy atom. The number of anilines is 1. The molecule has 0 aliphatic carbocycles. The first-order valence-electron chi connectivity index (χ1n) is 7.41. The summed E-state index contributed by atoms with van der Waals surface area (Å²) in [6, 6.07) is 3.69. The van der Waals surface area contributed by atoms with Crippen molar-refractivity contribution < 1.29 is 0 Å². The highest BCUT2D eigenvalue weighted by atomic mass is 35.5. The number of pyridine rings is 1. The Morgan fingerprint density at radius 2 is 2.00 bits per heavy atom. The Kier molecular flexibility index (Phi) is 5.65. The van der Waals surface area contributed by atoms with Crippen LogP contribution in [-0.4, -0.2) is 21.1 Å². The molecule has 2 rings (SSSR count). The van der Waals surface area contributed by atoms with Crippen molar-refractivity contribution in [1.29, 1.82) is 0 Å². The summed E-state index contributed by atoms with van der Waals surface area (Å²) in [7, 11) is 0. The summed E-state index contributed by atoms with van der Waals surface area (Å²) >= 11 is 5.92. The highest BCUT2D eigenvalue weighted by Crippen LogP contribution is 2.12. The maximum absolute atomic E-state index is 5.92. The van der Waals surface area contributed by atoms with E-state index in [1.807, 2.05) is 12.1 Å². The van der Waals surface area contributed by atoms with Gasteiger partial charge in [-0.25, -0.2) is 4.52 Å². The van der Waals surface area contributed by atoms with Gasteiger partial charge < -0.3 is 5.32 Å². The fraction of sp³-hybridized carbons (Fsp3) is 0.600. The molecule has 20 heavy (non-hydrogen) atoms. The third-order valence-corrected chi connectivity index (χ3v) is 3.51. The van der Waals surface area contributed by atoms with Gasteiger partial charge in [0.1, 0.15) is 0 Å². The summed E-state index contributed by atoms with van der Waals surface area (Å²) in [5.41, 5.74) is 0.814. The topological polar surface area (TPSA) is 42.2 Å². The van der Waals surface area contributed by atoms with Gasteiger partial charge in [0.15, 0.2) is 5.65 Å². The van der Waals surface area contributed by atoms with Crippen LogP contribution in [0.25, 0.3) is 5.65 Å². The third-order valence-electron chi connectivity index (χ3n) is 3.29. The first kappa shape index (κ1) is 15.1. The van der Waals surface area contributed by atoms with Crippen LogP contribution in [0.15, 0.2) is 18.3 Å². The fourth-order valence-electron chi connectivity index (χ4n) is 2.16. The minimum absolute atomic E-state index is 0.666. The third kappa shape index (κ3) is 4.67. The van der Waals surface area contributed by atoms with E-state index in [1.165, 1.54) is 25.7 Å². The zero-order chi connectivity index (χ0) is 14.4. The quantitative estimate of drug-likeness (QED) is 0.734. The first-order valence-corrected chi connectivity index (χ1v) is 7.79. The van der Waals surface area contributed by atoms with Crippen molar-refractivity contribution in [2.75, 3.05) is 11.9 Å². The molecular formula is C15H23ClN4. The second-order valence-corrected chi connectivity index (χ2v) is 6.05. The largest absolute Gasteiger partial charge is 0.353 e. The molecule has 0 unspecified atom stereocenters. The molecule has 110 valence electrons. The molecule has 0 saturated carbocycles. The Balaban J connectivity index is 1.68. The van der Waals surface area contributed by atoms with Crippen molar-refractivity contribution in [2.45, 2.75) is 46.0 Å². The van der Waals surface area contributed by atoms with Crippen LogP contribution < -0.4 is 5.32 Å². The average molecular weight is 295 g/mol. The monoisotopic (exact) mass is 294 g/mol. The second kappa shape index (κ2) is 7.48. The van der Waals surface area contributed by atoms with E-state index >= 15 is 0 Å². The van der Waals surface area contributed by atoms with E-state index in [-0.39, 0.29) is 0 Å². The summed E-state index contributed by atoms with van der Waals surface area (Å²) in [6.07, 6.45) is 8.17. The molecule has 0 aliphatic rings. The Morgan fingerprint density at radius 3 is 2.80 bits per heavy atom. The van der Waals surface area contributed by atoms with Crippen molar-refractivity contribution in [2.24, 2.45) is 5.92 Å². The predicted molar refractivity (Wildman–Crippen MR) is 84.4 cm³/mol. The van der Waals surface area contributed by atoms with Crippen molar-refractivity contribution >= 4 is 23.2 Å². The van der Waals surface area contributed by atoms with Crippen LogP contribution >= 0.6 is 11.6 Å². The maximum Gasteiger partial charge on any atom is 0.243 e. The predicted octanol–water partition coefficient (Wildman–Crippen LogP) is 4.40. The molecule has 2 heterocycles. The normalized spacial score (nSPS) is 11.4. The molecule has 0 atom stereocenters. The number of hydrogen-bond donors (Lipinski definition) is 1. The van der Waals surface area contributed by atoms with Gasteiger partial charge in [-0.05, 0) is 24.5 Å². The summed E-state index contributed by atoms with van der Waals surface area (Å²) < 4.78 is 1.70. The van der Waals surface area contributed by atoms with Crippen LogP contribution in [-0.2, 0) is 0 Å². The van der Waals surface area contributed by atoms with Crippen LogP contribution in [0.2, 0.25) is 5.02 Å². The van der Waals surface area contributed by atoms with Gasteiger partial charge in [0.05, 0.1) is 5.02 Å². The Labute approximate surface area is 125 Å². The highest BCUT2D eigenvalue weighted by molar-refractivity contribution is 6.30. The number of rotatable bonds is 8. The minimum Gasteiger partial charge on any atom is -0.353 e. The first-order chi connectivity index (χ1) is 9.65. The number of unbranched alkanes of at least 4 members (excludes halogenated alkanes) is 3. The van der Waals surface area contributed by atoms with E-state index in [0.717, 1.165) is 24.5 Å². The Bertz CT molecular complexity index is 536. The van der Waals surface area contributed by atoms with Crippen LogP contribution in [0.3, 0.4) is 0 Å². The van der Waals surface area contributed by atoms with Crippen LogP contribution in [0.4, 0.5) is 5.95 Å². The molecule has 0 aliphatic heterocycles. The lowest BCUT2D eigenvalue weighted by molar-refractivity contribution is 0.523. The smallest absolute Gasteiger partial charge is 0.243 e. The summed E-state index contributed by atoms with van der Waals surface area (Å²) in [5, 5.41) is 8.27. The van der Waals surface area contributed by atoms with Gasteiger partial charge in [0, 0.05) is 12.7 Å². The number of nitrogens with zero attached hydrogens (tertiary/aromatic N) is 3. The second-order valence-electron chi connectivity index (χ2n) is 5.61. The molecule has 2 aromatic rings. The zero-order valence-electron chi connectivity index (χ0n) is 12.3. The fourth-order valence-corrected chi connectivity index (χ4v) is 2.32. The SMILES string of the molecule is CC(C)CCCCCCNc1nc2ccc(Cl)cn2n1. The van der Waals surface area contributed by atoms with Crippen molar-refractivity contribution in [3.05, 3.63) is 23.4 Å². The standard InChI is InChI=1S/C15H23ClN4/c1-12(2)7-5-3-4-6-10-17-15-18-14-9-8-13(16)11-20(14)19-15/h8-9,11-12H,3-7,10H2,1-2H3,(H,17,19). The Hall–Kier alpha value is -1.29. The molecular weight excluding hydrogens is 272 g/mol. The van der Waals surface area contributed by atoms with E-state index in [0.29, 0.717) is 11.0 Å². The van der Waals surface area contributed by atoms with Crippen molar-refractivity contribution in [3.63, 3.8) is 0 Å². The highest BCUT2D eigenvalue weighted by Gasteiger charge is 2.02. The number of aromatic nitrogens is 3. The van der Waals surface area contributed by atoms with E-state index < -0.39 is 0 Å². The number of hydrogen-bond acceptors (Lipinski definition) is 3.